The van der Waals surface area contributed by atoms with Crippen LogP contribution in [-0.4, -0.2) is 55.7 Å². The number of urea groups is 1. The molecule has 0 atom stereocenters. The average molecular weight is 402 g/mol. The van der Waals surface area contributed by atoms with Crippen molar-refractivity contribution >= 4 is 23.1 Å². The largest absolute Gasteiger partial charge is 0.493 e. The highest BCUT2D eigenvalue weighted by molar-refractivity contribution is 7.10. The molecule has 1 N–H and O–H groups in total. The van der Waals surface area contributed by atoms with Crippen LogP contribution >= 0.6 is 11.3 Å². The number of anilines is 1. The highest BCUT2D eigenvalue weighted by Gasteiger charge is 2.29. The summed E-state index contributed by atoms with van der Waals surface area (Å²) in [7, 11) is 3.17. The van der Waals surface area contributed by atoms with Crippen LogP contribution in [-0.2, 0) is 13.0 Å². The highest BCUT2D eigenvalue weighted by atomic mass is 32.1. The zero-order chi connectivity index (χ0) is 19.5. The van der Waals surface area contributed by atoms with Gasteiger partial charge in [-0.25, -0.2) is 4.79 Å². The summed E-state index contributed by atoms with van der Waals surface area (Å²) < 4.78 is 10.7. The lowest BCUT2D eigenvalue weighted by atomic mass is 10.00. The molecule has 0 unspecified atom stereocenters. The number of hydrogen-bond acceptors (Lipinski definition) is 5. The second-order valence-corrected chi connectivity index (χ2v) is 8.28. The fourth-order valence-electron chi connectivity index (χ4n) is 4.20. The summed E-state index contributed by atoms with van der Waals surface area (Å²) in [5.74, 6) is 1.16. The summed E-state index contributed by atoms with van der Waals surface area (Å²) in [6.45, 7) is 3.73. The predicted octanol–water partition coefficient (Wildman–Crippen LogP) is 3.82. The molecule has 3 heterocycles. The van der Waals surface area contributed by atoms with Crippen molar-refractivity contribution in [2.45, 2.75) is 31.8 Å². The van der Waals surface area contributed by atoms with E-state index >= 15 is 0 Å². The number of piperidine rings is 1. The monoisotopic (exact) mass is 401 g/mol. The van der Waals surface area contributed by atoms with Gasteiger partial charge in [0.1, 0.15) is 0 Å². The summed E-state index contributed by atoms with van der Waals surface area (Å²) in [6, 6.07) is 8.23. The van der Waals surface area contributed by atoms with Gasteiger partial charge in [0.2, 0.25) is 0 Å². The van der Waals surface area contributed by atoms with Crippen molar-refractivity contribution in [3.63, 3.8) is 0 Å². The second-order valence-electron chi connectivity index (χ2n) is 7.28. The van der Waals surface area contributed by atoms with Gasteiger partial charge >= 0.3 is 6.03 Å². The molecule has 0 saturated carbocycles. The molecule has 1 aromatic heterocycles. The molecular weight excluding hydrogens is 374 g/mol. The third-order valence-corrected chi connectivity index (χ3v) is 6.77. The molecule has 4 rings (SSSR count). The highest BCUT2D eigenvalue weighted by Crippen LogP contribution is 2.35. The molecular formula is C21H27N3O3S. The van der Waals surface area contributed by atoms with Crippen molar-refractivity contribution in [1.29, 1.82) is 0 Å². The number of thiophene rings is 1. The Labute approximate surface area is 170 Å². The number of carbonyl (C=O) groups is 1. The van der Waals surface area contributed by atoms with E-state index in [-0.39, 0.29) is 6.03 Å². The van der Waals surface area contributed by atoms with Gasteiger partial charge in [0.05, 0.1) is 19.9 Å². The minimum Gasteiger partial charge on any atom is -0.493 e. The lowest BCUT2D eigenvalue weighted by molar-refractivity contribution is 0.111. The molecule has 0 aliphatic carbocycles. The Morgan fingerprint density at radius 3 is 2.71 bits per heavy atom. The van der Waals surface area contributed by atoms with Crippen LogP contribution in [0.3, 0.4) is 0 Å². The third kappa shape index (κ3) is 3.82. The first-order valence-corrected chi connectivity index (χ1v) is 10.6. The molecule has 1 fully saturated rings. The van der Waals surface area contributed by atoms with Crippen molar-refractivity contribution in [3.05, 3.63) is 40.1 Å². The van der Waals surface area contributed by atoms with E-state index in [2.05, 4.69) is 21.7 Å². The SMILES string of the molecule is COc1cccc(NC(=O)N2CCC(N3CCc4sccc4C3)CC2)c1OC. The van der Waals surface area contributed by atoms with Crippen molar-refractivity contribution in [2.75, 3.05) is 39.2 Å². The number of carbonyl (C=O) groups excluding carboxylic acids is 1. The molecule has 7 heteroatoms. The number of likely N-dealkylation sites (tertiary alicyclic amines) is 1. The van der Waals surface area contributed by atoms with E-state index in [0.717, 1.165) is 45.4 Å². The number of ether oxygens (including phenoxy) is 2. The molecule has 2 aliphatic heterocycles. The van der Waals surface area contributed by atoms with Gasteiger partial charge in [-0.05, 0) is 48.4 Å². The van der Waals surface area contributed by atoms with Gasteiger partial charge in [0, 0.05) is 37.1 Å². The molecule has 0 bridgehead atoms. The number of benzene rings is 1. The summed E-state index contributed by atoms with van der Waals surface area (Å²) in [5.41, 5.74) is 2.12. The Kier molecular flexibility index (Phi) is 5.73. The molecule has 6 nitrogen and oxygen atoms in total. The normalized spacial score (nSPS) is 17.9. The van der Waals surface area contributed by atoms with E-state index in [1.165, 1.54) is 5.56 Å². The number of hydrogen-bond donors (Lipinski definition) is 1. The van der Waals surface area contributed by atoms with Crippen molar-refractivity contribution in [2.24, 2.45) is 0 Å². The van der Waals surface area contributed by atoms with Crippen molar-refractivity contribution < 1.29 is 14.3 Å². The maximum absolute atomic E-state index is 12.8. The van der Waals surface area contributed by atoms with Crippen LogP contribution in [0.2, 0.25) is 0 Å². The van der Waals surface area contributed by atoms with E-state index in [1.807, 2.05) is 34.4 Å². The topological polar surface area (TPSA) is 54.0 Å². The average Bonchev–Trinajstić information content (AvgIpc) is 3.21. The van der Waals surface area contributed by atoms with Crippen LogP contribution in [0.1, 0.15) is 23.3 Å². The number of fused-ring (bicyclic) bond motifs is 1. The second kappa shape index (κ2) is 8.41. The van der Waals surface area contributed by atoms with Crippen LogP contribution < -0.4 is 14.8 Å². The van der Waals surface area contributed by atoms with Crippen LogP contribution in [0.5, 0.6) is 11.5 Å². The third-order valence-electron chi connectivity index (χ3n) is 5.75. The van der Waals surface area contributed by atoms with Gasteiger partial charge in [-0.2, -0.15) is 0 Å². The van der Waals surface area contributed by atoms with Crippen LogP contribution in [0.15, 0.2) is 29.6 Å². The van der Waals surface area contributed by atoms with Crippen molar-refractivity contribution in [1.82, 2.24) is 9.80 Å². The number of nitrogens with one attached hydrogen (secondary N) is 1. The molecule has 0 radical (unpaired) electrons. The van der Waals surface area contributed by atoms with Crippen LogP contribution in [0.25, 0.3) is 0 Å². The molecule has 0 spiro atoms. The molecule has 150 valence electrons. The summed E-state index contributed by atoms with van der Waals surface area (Å²) in [4.78, 5) is 18.8. The molecule has 1 saturated heterocycles. The first kappa shape index (κ1) is 19.1. The summed E-state index contributed by atoms with van der Waals surface area (Å²) in [5, 5.41) is 5.18. The van der Waals surface area contributed by atoms with Gasteiger partial charge in [0.25, 0.3) is 0 Å². The molecule has 1 aromatic carbocycles. The Hall–Kier alpha value is -2.25. The van der Waals surface area contributed by atoms with Gasteiger partial charge < -0.3 is 19.7 Å². The smallest absolute Gasteiger partial charge is 0.321 e. The van der Waals surface area contributed by atoms with E-state index < -0.39 is 0 Å². The number of methoxy groups -OCH3 is 2. The predicted molar refractivity (Wildman–Crippen MR) is 112 cm³/mol. The first-order valence-electron chi connectivity index (χ1n) is 9.76. The lowest BCUT2D eigenvalue weighted by Crippen LogP contribution is -2.48. The van der Waals surface area contributed by atoms with Gasteiger partial charge in [-0.15, -0.1) is 11.3 Å². The number of amides is 2. The van der Waals surface area contributed by atoms with Gasteiger partial charge in [-0.3, -0.25) is 4.90 Å². The van der Waals surface area contributed by atoms with Crippen LogP contribution in [0, 0.1) is 0 Å². The van der Waals surface area contributed by atoms with E-state index in [1.54, 1.807) is 19.1 Å². The van der Waals surface area contributed by atoms with E-state index in [9.17, 15) is 4.79 Å². The minimum atomic E-state index is -0.0798. The lowest BCUT2D eigenvalue weighted by Gasteiger charge is -2.40. The van der Waals surface area contributed by atoms with Gasteiger partial charge in [-0.1, -0.05) is 6.07 Å². The summed E-state index contributed by atoms with van der Waals surface area (Å²) >= 11 is 1.88. The number of rotatable bonds is 4. The Bertz CT molecular complexity index is 830. The minimum absolute atomic E-state index is 0.0798. The Morgan fingerprint density at radius 2 is 1.96 bits per heavy atom. The molecule has 28 heavy (non-hydrogen) atoms. The molecule has 2 aromatic rings. The van der Waals surface area contributed by atoms with E-state index in [4.69, 9.17) is 9.47 Å². The van der Waals surface area contributed by atoms with E-state index in [0.29, 0.717) is 23.2 Å². The van der Waals surface area contributed by atoms with Crippen molar-refractivity contribution in [3.8, 4) is 11.5 Å². The maximum Gasteiger partial charge on any atom is 0.321 e. The Balaban J connectivity index is 1.34. The van der Waals surface area contributed by atoms with Gasteiger partial charge in [0.15, 0.2) is 11.5 Å². The molecule has 2 amide bonds. The zero-order valence-corrected chi connectivity index (χ0v) is 17.3. The standard InChI is InChI=1S/C21H27N3O3S/c1-26-18-5-3-4-17(20(18)27-2)22-21(25)23-10-6-16(7-11-23)24-12-8-19-15(14-24)9-13-28-19/h3-5,9,13,16H,6-8,10-12,14H2,1-2H3,(H,22,25). The number of nitrogens with zero attached hydrogens (tertiary/aromatic N) is 2. The number of para-hydroxylation sites is 1. The fourth-order valence-corrected chi connectivity index (χ4v) is 5.09. The zero-order valence-electron chi connectivity index (χ0n) is 16.4. The first-order chi connectivity index (χ1) is 13.7. The quantitative estimate of drug-likeness (QED) is 0.846. The summed E-state index contributed by atoms with van der Waals surface area (Å²) in [6.07, 6.45) is 3.19. The molecule has 2 aliphatic rings. The van der Waals surface area contributed by atoms with Crippen LogP contribution in [0.4, 0.5) is 10.5 Å². The maximum atomic E-state index is 12.8. The Morgan fingerprint density at radius 1 is 1.14 bits per heavy atom. The fraction of sp³-hybridized carbons (Fsp3) is 0.476.